The molecule has 0 aliphatic rings. The van der Waals surface area contributed by atoms with Gasteiger partial charge in [0.15, 0.2) is 0 Å². The Kier molecular flexibility index (Phi) is 4.79. The third-order valence-corrected chi connectivity index (χ3v) is 3.34. The number of carbonyl (C=O) groups excluding carboxylic acids is 2. The van der Waals surface area contributed by atoms with Crippen molar-refractivity contribution in [1.82, 2.24) is 4.98 Å². The number of anilines is 2. The van der Waals surface area contributed by atoms with Crippen LogP contribution in [-0.4, -0.2) is 16.8 Å². The Balaban J connectivity index is 2.00. The fraction of sp³-hybridized carbons (Fsp3) is 0.278. The number of hydrogen-bond acceptors (Lipinski definition) is 3. The Bertz CT molecular complexity index is 716. The predicted octanol–water partition coefficient (Wildman–Crippen LogP) is 3.26. The van der Waals surface area contributed by atoms with Gasteiger partial charge < -0.3 is 10.6 Å². The molecule has 0 aliphatic heterocycles. The van der Waals surface area contributed by atoms with Crippen molar-refractivity contribution in [2.24, 2.45) is 0 Å². The Hall–Kier alpha value is -2.69. The first kappa shape index (κ1) is 16.7. The number of amides is 2. The van der Waals surface area contributed by atoms with E-state index < -0.39 is 11.8 Å². The maximum atomic E-state index is 11.9. The zero-order valence-corrected chi connectivity index (χ0v) is 13.8. The van der Waals surface area contributed by atoms with Crippen molar-refractivity contribution < 1.29 is 9.59 Å². The minimum Gasteiger partial charge on any atom is -0.318 e. The topological polar surface area (TPSA) is 71.1 Å². The normalized spacial score (nSPS) is 11.0. The lowest BCUT2D eigenvalue weighted by molar-refractivity contribution is -0.133. The lowest BCUT2D eigenvalue weighted by atomic mass is 9.87. The van der Waals surface area contributed by atoms with E-state index in [-0.39, 0.29) is 5.41 Å². The smallest absolute Gasteiger partial charge is 0.315 e. The Morgan fingerprint density at radius 2 is 1.52 bits per heavy atom. The highest BCUT2D eigenvalue weighted by molar-refractivity contribution is 6.43. The van der Waals surface area contributed by atoms with Crippen LogP contribution in [0.3, 0.4) is 0 Å². The van der Waals surface area contributed by atoms with Crippen molar-refractivity contribution in [3.8, 4) is 0 Å². The molecule has 0 bridgehead atoms. The highest BCUT2D eigenvalue weighted by Crippen LogP contribution is 2.23. The molecule has 23 heavy (non-hydrogen) atoms. The summed E-state index contributed by atoms with van der Waals surface area (Å²) in [7, 11) is 0. The number of nitrogens with zero attached hydrogens (tertiary/aromatic N) is 1. The van der Waals surface area contributed by atoms with Crippen LogP contribution in [0.4, 0.5) is 11.5 Å². The molecule has 2 amide bonds. The van der Waals surface area contributed by atoms with E-state index >= 15 is 0 Å². The van der Waals surface area contributed by atoms with E-state index in [0.29, 0.717) is 11.5 Å². The monoisotopic (exact) mass is 311 g/mol. The van der Waals surface area contributed by atoms with E-state index in [1.54, 1.807) is 24.3 Å². The summed E-state index contributed by atoms with van der Waals surface area (Å²) in [6.45, 7) is 8.15. The van der Waals surface area contributed by atoms with Crippen molar-refractivity contribution in [3.05, 3.63) is 53.7 Å². The summed E-state index contributed by atoms with van der Waals surface area (Å²) < 4.78 is 0. The summed E-state index contributed by atoms with van der Waals surface area (Å²) in [4.78, 5) is 28.0. The second-order valence-corrected chi connectivity index (χ2v) is 6.40. The molecule has 0 aliphatic carbocycles. The molecule has 0 fully saturated rings. The SMILES string of the molecule is Cc1cccc(NC(=O)C(=O)Nc2ccc(C(C)(C)C)cc2)n1. The van der Waals surface area contributed by atoms with Gasteiger partial charge in [0.2, 0.25) is 0 Å². The van der Waals surface area contributed by atoms with Gasteiger partial charge in [-0.05, 0) is 42.2 Å². The number of rotatable bonds is 2. The molecule has 5 nitrogen and oxygen atoms in total. The van der Waals surface area contributed by atoms with Crippen LogP contribution in [0.1, 0.15) is 32.0 Å². The molecular weight excluding hydrogens is 290 g/mol. The fourth-order valence-corrected chi connectivity index (χ4v) is 2.03. The number of aryl methyl sites for hydroxylation is 1. The molecule has 0 spiro atoms. The van der Waals surface area contributed by atoms with Gasteiger partial charge in [0.05, 0.1) is 0 Å². The first-order valence-corrected chi connectivity index (χ1v) is 7.42. The lowest BCUT2D eigenvalue weighted by Crippen LogP contribution is -2.29. The van der Waals surface area contributed by atoms with Crippen LogP contribution in [-0.2, 0) is 15.0 Å². The number of hydrogen-bond donors (Lipinski definition) is 2. The Labute approximate surface area is 136 Å². The summed E-state index contributed by atoms with van der Waals surface area (Å²) in [6.07, 6.45) is 0. The van der Waals surface area contributed by atoms with Crippen molar-refractivity contribution in [1.29, 1.82) is 0 Å². The molecule has 1 heterocycles. The molecule has 0 unspecified atom stereocenters. The molecule has 2 aromatic rings. The fourth-order valence-electron chi connectivity index (χ4n) is 2.03. The third kappa shape index (κ3) is 4.64. The minimum absolute atomic E-state index is 0.0384. The summed E-state index contributed by atoms with van der Waals surface area (Å²) in [5, 5.41) is 5.05. The molecule has 1 aromatic heterocycles. The van der Waals surface area contributed by atoms with Crippen LogP contribution in [0.2, 0.25) is 0 Å². The maximum absolute atomic E-state index is 11.9. The van der Waals surface area contributed by atoms with Crippen molar-refractivity contribution >= 4 is 23.3 Å². The molecule has 0 saturated heterocycles. The van der Waals surface area contributed by atoms with Gasteiger partial charge in [-0.2, -0.15) is 0 Å². The number of carbonyl (C=O) groups is 2. The Morgan fingerprint density at radius 3 is 2.09 bits per heavy atom. The number of nitrogens with one attached hydrogen (secondary N) is 2. The molecule has 2 rings (SSSR count). The maximum Gasteiger partial charge on any atom is 0.315 e. The molecule has 120 valence electrons. The van der Waals surface area contributed by atoms with Gasteiger partial charge in [-0.25, -0.2) is 4.98 Å². The van der Waals surface area contributed by atoms with Crippen molar-refractivity contribution in [2.75, 3.05) is 10.6 Å². The molecule has 0 atom stereocenters. The van der Waals surface area contributed by atoms with Gasteiger partial charge in [-0.15, -0.1) is 0 Å². The van der Waals surface area contributed by atoms with Gasteiger partial charge in [0, 0.05) is 11.4 Å². The van der Waals surface area contributed by atoms with Gasteiger partial charge in [0.25, 0.3) is 0 Å². The van der Waals surface area contributed by atoms with Gasteiger partial charge in [-0.1, -0.05) is 39.0 Å². The van der Waals surface area contributed by atoms with Gasteiger partial charge in [0.1, 0.15) is 5.82 Å². The van der Waals surface area contributed by atoms with Gasteiger partial charge >= 0.3 is 11.8 Å². The largest absolute Gasteiger partial charge is 0.318 e. The quantitative estimate of drug-likeness (QED) is 0.836. The summed E-state index contributed by atoms with van der Waals surface area (Å²) in [5.41, 5.74) is 2.54. The molecule has 0 radical (unpaired) electrons. The number of benzene rings is 1. The summed E-state index contributed by atoms with van der Waals surface area (Å²) >= 11 is 0. The third-order valence-electron chi connectivity index (χ3n) is 3.34. The first-order chi connectivity index (χ1) is 10.8. The minimum atomic E-state index is -0.747. The second-order valence-electron chi connectivity index (χ2n) is 6.40. The molecule has 0 saturated carbocycles. The van der Waals surface area contributed by atoms with Crippen LogP contribution in [0.15, 0.2) is 42.5 Å². The molecule has 5 heteroatoms. The van der Waals surface area contributed by atoms with E-state index in [0.717, 1.165) is 11.3 Å². The van der Waals surface area contributed by atoms with Crippen molar-refractivity contribution in [2.45, 2.75) is 33.1 Å². The van der Waals surface area contributed by atoms with E-state index in [1.165, 1.54) is 0 Å². The van der Waals surface area contributed by atoms with E-state index in [9.17, 15) is 9.59 Å². The molecule has 1 aromatic carbocycles. The van der Waals surface area contributed by atoms with E-state index in [4.69, 9.17) is 0 Å². The van der Waals surface area contributed by atoms with Crippen LogP contribution in [0.5, 0.6) is 0 Å². The van der Waals surface area contributed by atoms with Crippen LogP contribution < -0.4 is 10.6 Å². The highest BCUT2D eigenvalue weighted by Gasteiger charge is 2.16. The average Bonchev–Trinajstić information content (AvgIpc) is 2.46. The highest BCUT2D eigenvalue weighted by atomic mass is 16.2. The zero-order chi connectivity index (χ0) is 17.0. The van der Waals surface area contributed by atoms with Crippen LogP contribution in [0.25, 0.3) is 0 Å². The Morgan fingerprint density at radius 1 is 0.913 bits per heavy atom. The summed E-state index contributed by atoms with van der Waals surface area (Å²) in [5.74, 6) is -1.12. The predicted molar refractivity (Wildman–Crippen MR) is 91.4 cm³/mol. The first-order valence-electron chi connectivity index (χ1n) is 7.42. The van der Waals surface area contributed by atoms with E-state index in [2.05, 4.69) is 36.4 Å². The van der Waals surface area contributed by atoms with Crippen LogP contribution >= 0.6 is 0 Å². The number of aromatic nitrogens is 1. The van der Waals surface area contributed by atoms with Crippen molar-refractivity contribution in [3.63, 3.8) is 0 Å². The second kappa shape index (κ2) is 6.60. The molecular formula is C18H21N3O2. The van der Waals surface area contributed by atoms with Crippen LogP contribution in [0, 0.1) is 6.92 Å². The van der Waals surface area contributed by atoms with E-state index in [1.807, 2.05) is 25.1 Å². The lowest BCUT2D eigenvalue weighted by Gasteiger charge is -2.19. The summed E-state index contributed by atoms with van der Waals surface area (Å²) in [6, 6.07) is 12.7. The number of pyridine rings is 1. The average molecular weight is 311 g/mol. The standard InChI is InChI=1S/C18H21N3O2/c1-12-6-5-7-15(19-12)21-17(23)16(22)20-14-10-8-13(9-11-14)18(2,3)4/h5-11H,1-4H3,(H,20,22)(H,19,21,23). The zero-order valence-electron chi connectivity index (χ0n) is 13.8. The molecule has 2 N–H and O–H groups in total. The van der Waals surface area contributed by atoms with Gasteiger partial charge in [-0.3, -0.25) is 9.59 Å².